The summed E-state index contributed by atoms with van der Waals surface area (Å²) < 4.78 is 48.8. The molecule has 0 spiro atoms. The molecule has 0 aromatic carbocycles. The number of rotatable bonds is 4. The van der Waals surface area contributed by atoms with Crippen LogP contribution in [0.25, 0.3) is 0 Å². The molecule has 0 aliphatic carbocycles. The number of ether oxygens (including phenoxy) is 2. The third kappa shape index (κ3) is 5.62. The number of alkyl halides is 3. The van der Waals surface area contributed by atoms with E-state index in [0.29, 0.717) is 31.1 Å². The van der Waals surface area contributed by atoms with Gasteiger partial charge in [0.1, 0.15) is 23.5 Å². The topological polar surface area (TPSA) is 115 Å². The summed E-state index contributed by atoms with van der Waals surface area (Å²) in [7, 11) is 0. The molecule has 32 heavy (non-hydrogen) atoms. The molecule has 0 saturated carbocycles. The third-order valence-corrected chi connectivity index (χ3v) is 5.13. The lowest BCUT2D eigenvalue weighted by atomic mass is 10.0. The van der Waals surface area contributed by atoms with E-state index in [9.17, 15) is 18.0 Å². The lowest BCUT2D eigenvalue weighted by molar-refractivity contribution is -0.192. The molecule has 12 heteroatoms. The van der Waals surface area contributed by atoms with Gasteiger partial charge in [-0.1, -0.05) is 11.2 Å². The van der Waals surface area contributed by atoms with Gasteiger partial charge in [0.15, 0.2) is 0 Å². The first-order chi connectivity index (χ1) is 15.2. The summed E-state index contributed by atoms with van der Waals surface area (Å²) in [5.74, 6) is -2.29. The molecule has 0 bridgehead atoms. The predicted octanol–water partition coefficient (Wildman–Crippen LogP) is 2.60. The lowest BCUT2D eigenvalue weighted by Crippen LogP contribution is -2.43. The van der Waals surface area contributed by atoms with Crippen molar-refractivity contribution in [3.63, 3.8) is 0 Å². The van der Waals surface area contributed by atoms with E-state index in [1.807, 2.05) is 23.1 Å². The van der Waals surface area contributed by atoms with Crippen molar-refractivity contribution in [3.05, 3.63) is 47.6 Å². The van der Waals surface area contributed by atoms with Crippen molar-refractivity contribution in [1.29, 1.82) is 0 Å². The van der Waals surface area contributed by atoms with Crippen molar-refractivity contribution in [3.8, 4) is 0 Å². The summed E-state index contributed by atoms with van der Waals surface area (Å²) in [6.45, 7) is 3.37. The standard InChI is InChI=1S/C18H21N3O4.C2HF3O2/c1-12-14(9-20-25-12)18(22)21-10-16(17-15(21)6-4-8-23-17)24-11-13-5-2-3-7-19-13;3-2(4,5)1(6)7/h2-3,5,7,9,15-17H,4,6,8,10-11H2,1H3;(H,6,7)/t15-,16+,17+;/m1./s1. The van der Waals surface area contributed by atoms with E-state index in [-0.39, 0.29) is 24.2 Å². The van der Waals surface area contributed by atoms with Gasteiger partial charge in [-0.15, -0.1) is 0 Å². The van der Waals surface area contributed by atoms with Gasteiger partial charge in [-0.2, -0.15) is 13.2 Å². The van der Waals surface area contributed by atoms with E-state index in [4.69, 9.17) is 23.9 Å². The maximum atomic E-state index is 12.9. The van der Waals surface area contributed by atoms with E-state index >= 15 is 0 Å². The fourth-order valence-electron chi connectivity index (χ4n) is 3.62. The van der Waals surface area contributed by atoms with Gasteiger partial charge in [-0.05, 0) is 31.9 Å². The monoisotopic (exact) mass is 457 g/mol. The highest BCUT2D eigenvalue weighted by molar-refractivity contribution is 5.95. The first-order valence-electron chi connectivity index (χ1n) is 9.84. The van der Waals surface area contributed by atoms with Crippen LogP contribution < -0.4 is 0 Å². The van der Waals surface area contributed by atoms with Crippen molar-refractivity contribution in [2.45, 2.75) is 50.8 Å². The molecule has 0 radical (unpaired) electrons. The Hall–Kier alpha value is -2.99. The quantitative estimate of drug-likeness (QED) is 0.745. The van der Waals surface area contributed by atoms with E-state index < -0.39 is 12.1 Å². The first kappa shape index (κ1) is 23.7. The Morgan fingerprint density at radius 1 is 1.34 bits per heavy atom. The zero-order valence-electron chi connectivity index (χ0n) is 17.1. The second-order valence-electron chi connectivity index (χ2n) is 7.27. The van der Waals surface area contributed by atoms with Crippen molar-refractivity contribution < 1.29 is 41.9 Å². The van der Waals surface area contributed by atoms with Gasteiger partial charge in [0.05, 0.1) is 31.1 Å². The number of carboxylic acids is 1. The fraction of sp³-hybridized carbons (Fsp3) is 0.500. The predicted molar refractivity (Wildman–Crippen MR) is 102 cm³/mol. The van der Waals surface area contributed by atoms with Gasteiger partial charge in [-0.25, -0.2) is 4.79 Å². The number of aromatic nitrogens is 2. The maximum Gasteiger partial charge on any atom is 0.490 e. The number of fused-ring (bicyclic) bond motifs is 1. The molecule has 4 rings (SSSR count). The molecule has 9 nitrogen and oxygen atoms in total. The number of halogens is 3. The second kappa shape index (κ2) is 10.1. The molecular formula is C20H22F3N3O6. The Morgan fingerprint density at radius 3 is 2.69 bits per heavy atom. The number of likely N-dealkylation sites (tertiary alicyclic amines) is 1. The van der Waals surface area contributed by atoms with Gasteiger partial charge in [0, 0.05) is 12.8 Å². The molecule has 2 aliphatic rings. The summed E-state index contributed by atoms with van der Waals surface area (Å²) in [6, 6.07) is 5.77. The highest BCUT2D eigenvalue weighted by Crippen LogP contribution is 2.32. The van der Waals surface area contributed by atoms with Crippen LogP contribution in [-0.2, 0) is 20.9 Å². The number of aliphatic carboxylic acids is 1. The number of pyridine rings is 1. The average Bonchev–Trinajstić information content (AvgIpc) is 3.36. The maximum absolute atomic E-state index is 12.9. The summed E-state index contributed by atoms with van der Waals surface area (Å²) in [5.41, 5.74) is 1.38. The number of amides is 1. The van der Waals surface area contributed by atoms with Gasteiger partial charge < -0.3 is 24.0 Å². The highest BCUT2D eigenvalue weighted by atomic mass is 19.4. The van der Waals surface area contributed by atoms with Crippen LogP contribution in [-0.4, -0.2) is 69.6 Å². The molecular weight excluding hydrogens is 435 g/mol. The normalized spacial score (nSPS) is 22.6. The van der Waals surface area contributed by atoms with E-state index in [1.54, 1.807) is 13.1 Å². The molecule has 2 aromatic rings. The minimum Gasteiger partial charge on any atom is -0.475 e. The molecule has 0 unspecified atom stereocenters. The Labute approximate surface area is 181 Å². The van der Waals surface area contributed by atoms with Crippen LogP contribution >= 0.6 is 0 Å². The van der Waals surface area contributed by atoms with Crippen LogP contribution in [0.4, 0.5) is 13.2 Å². The fourth-order valence-corrected chi connectivity index (χ4v) is 3.62. The summed E-state index contributed by atoms with van der Waals surface area (Å²) in [6.07, 6.45) is -0.237. The summed E-state index contributed by atoms with van der Waals surface area (Å²) in [4.78, 5) is 27.9. The van der Waals surface area contributed by atoms with Crippen LogP contribution in [0.3, 0.4) is 0 Å². The Morgan fingerprint density at radius 2 is 2.09 bits per heavy atom. The molecule has 2 aromatic heterocycles. The van der Waals surface area contributed by atoms with Crippen LogP contribution in [0.15, 0.2) is 35.1 Å². The third-order valence-electron chi connectivity index (χ3n) is 5.13. The largest absolute Gasteiger partial charge is 0.490 e. The van der Waals surface area contributed by atoms with E-state index in [2.05, 4.69) is 10.1 Å². The van der Waals surface area contributed by atoms with Gasteiger partial charge >= 0.3 is 12.1 Å². The van der Waals surface area contributed by atoms with E-state index in [0.717, 1.165) is 18.5 Å². The summed E-state index contributed by atoms with van der Waals surface area (Å²) >= 11 is 0. The Kier molecular flexibility index (Phi) is 7.46. The molecule has 2 aliphatic heterocycles. The molecule has 1 amide bonds. The van der Waals surface area contributed by atoms with E-state index in [1.165, 1.54) is 6.20 Å². The SMILES string of the molecule is Cc1oncc1C(=O)N1C[C@H](OCc2ccccn2)[C@H]2OCCC[C@H]21.O=C(O)C(F)(F)F. The van der Waals surface area contributed by atoms with Gasteiger partial charge in [-0.3, -0.25) is 9.78 Å². The molecule has 3 atom stereocenters. The van der Waals surface area contributed by atoms with Crippen LogP contribution in [0.2, 0.25) is 0 Å². The zero-order chi connectivity index (χ0) is 23.3. The van der Waals surface area contributed by atoms with Crippen LogP contribution in [0.1, 0.15) is 34.7 Å². The number of carbonyl (C=O) groups is 2. The smallest absolute Gasteiger partial charge is 0.475 e. The van der Waals surface area contributed by atoms with Gasteiger partial charge in [0.2, 0.25) is 0 Å². The average molecular weight is 457 g/mol. The van der Waals surface area contributed by atoms with Gasteiger partial charge in [0.25, 0.3) is 5.91 Å². The molecule has 1 N–H and O–H groups in total. The zero-order valence-corrected chi connectivity index (χ0v) is 17.1. The number of aryl methyl sites for hydroxylation is 1. The molecule has 174 valence electrons. The number of hydrogen-bond donors (Lipinski definition) is 1. The molecule has 2 saturated heterocycles. The number of nitrogens with zero attached hydrogens (tertiary/aromatic N) is 3. The lowest BCUT2D eigenvalue weighted by Gasteiger charge is -2.32. The number of hydrogen-bond acceptors (Lipinski definition) is 7. The van der Waals surface area contributed by atoms with Crippen molar-refractivity contribution in [2.75, 3.05) is 13.2 Å². The minimum absolute atomic E-state index is 0.0317. The van der Waals surface area contributed by atoms with Crippen molar-refractivity contribution >= 4 is 11.9 Å². The van der Waals surface area contributed by atoms with Crippen molar-refractivity contribution in [1.82, 2.24) is 15.0 Å². The number of carboxylic acid groups (broad SMARTS) is 1. The highest BCUT2D eigenvalue weighted by Gasteiger charge is 2.47. The molecule has 2 fully saturated rings. The Bertz CT molecular complexity index is 921. The van der Waals surface area contributed by atoms with Crippen LogP contribution in [0, 0.1) is 6.92 Å². The molecule has 4 heterocycles. The number of carbonyl (C=O) groups excluding carboxylic acids is 1. The summed E-state index contributed by atoms with van der Waals surface area (Å²) in [5, 5.41) is 10.8. The minimum atomic E-state index is -5.08. The second-order valence-corrected chi connectivity index (χ2v) is 7.27. The van der Waals surface area contributed by atoms with Crippen LogP contribution in [0.5, 0.6) is 0 Å². The first-order valence-corrected chi connectivity index (χ1v) is 9.84. The Balaban J connectivity index is 0.000000360. The van der Waals surface area contributed by atoms with Crippen molar-refractivity contribution in [2.24, 2.45) is 0 Å².